The first-order valence-electron chi connectivity index (χ1n) is 12.1. The van der Waals surface area contributed by atoms with Gasteiger partial charge in [0.25, 0.3) is 0 Å². The monoisotopic (exact) mass is 451 g/mol. The van der Waals surface area contributed by atoms with Crippen molar-refractivity contribution in [3.05, 3.63) is 48.5 Å². The van der Waals surface area contributed by atoms with E-state index in [-0.39, 0.29) is 17.9 Å². The van der Waals surface area contributed by atoms with Crippen LogP contribution in [0.15, 0.2) is 48.5 Å². The van der Waals surface area contributed by atoms with Crippen LogP contribution in [0.1, 0.15) is 46.5 Å². The molecule has 0 spiro atoms. The maximum atomic E-state index is 12.4. The number of ether oxygens (including phenoxy) is 1. The molecule has 0 bridgehead atoms. The summed E-state index contributed by atoms with van der Waals surface area (Å²) in [6.45, 7) is 10.3. The van der Waals surface area contributed by atoms with Gasteiger partial charge in [-0.05, 0) is 70.0 Å². The lowest BCUT2D eigenvalue weighted by atomic mass is 10.0. The van der Waals surface area contributed by atoms with Crippen LogP contribution in [0.5, 0.6) is 5.75 Å². The first-order valence-corrected chi connectivity index (χ1v) is 12.1. The largest absolute Gasteiger partial charge is 0.490 e. The quantitative estimate of drug-likeness (QED) is 0.556. The van der Waals surface area contributed by atoms with Gasteiger partial charge < -0.3 is 19.9 Å². The summed E-state index contributed by atoms with van der Waals surface area (Å²) < 4.78 is 5.93. The minimum absolute atomic E-state index is 0.0462. The molecule has 2 amide bonds. The summed E-state index contributed by atoms with van der Waals surface area (Å²) in [7, 11) is 0. The molecule has 0 atom stereocenters. The van der Waals surface area contributed by atoms with Gasteiger partial charge in [-0.2, -0.15) is 0 Å². The molecule has 2 aromatic carbocycles. The molecule has 0 aliphatic carbocycles. The highest BCUT2D eigenvalue weighted by molar-refractivity contribution is 5.91. The van der Waals surface area contributed by atoms with Gasteiger partial charge in [0, 0.05) is 44.2 Å². The third-order valence-corrected chi connectivity index (χ3v) is 5.89. The highest BCUT2D eigenvalue weighted by Gasteiger charge is 2.16. The summed E-state index contributed by atoms with van der Waals surface area (Å²) in [5.41, 5.74) is 2.91. The van der Waals surface area contributed by atoms with Crippen LogP contribution in [0, 0.1) is 0 Å². The lowest BCUT2D eigenvalue weighted by Gasteiger charge is -2.20. The fraction of sp³-hybridized carbons (Fsp3) is 0.481. The number of carbonyl (C=O) groups excluding carboxylic acids is 2. The normalized spacial score (nSPS) is 14.7. The van der Waals surface area contributed by atoms with E-state index in [1.165, 1.54) is 0 Å². The van der Waals surface area contributed by atoms with E-state index >= 15 is 0 Å². The molecule has 0 unspecified atom stereocenters. The van der Waals surface area contributed by atoms with Crippen LogP contribution in [-0.2, 0) is 9.59 Å². The lowest BCUT2D eigenvalue weighted by molar-refractivity contribution is -0.128. The molecule has 6 heteroatoms. The number of hydrogen-bond acceptors (Lipinski definition) is 4. The van der Waals surface area contributed by atoms with Crippen LogP contribution < -0.4 is 10.1 Å². The van der Waals surface area contributed by atoms with Gasteiger partial charge in [-0.3, -0.25) is 9.59 Å². The van der Waals surface area contributed by atoms with E-state index in [1.54, 1.807) is 6.92 Å². The maximum absolute atomic E-state index is 12.4. The standard InChI is InChI=1S/C27H37N3O3/c1-21(2)33-26-10-5-4-9-25(26)23-12-14-24(15-13-23)28-27(32)11-6-7-16-29-17-8-18-30(20-19-29)22(3)31/h4-5,9-10,12-15,21H,6-8,11,16-20H2,1-3H3,(H,28,32). The fourth-order valence-corrected chi connectivity index (χ4v) is 4.15. The highest BCUT2D eigenvalue weighted by atomic mass is 16.5. The van der Waals surface area contributed by atoms with E-state index < -0.39 is 0 Å². The predicted octanol–water partition coefficient (Wildman–Crippen LogP) is 4.80. The Morgan fingerprint density at radius 3 is 2.45 bits per heavy atom. The minimum atomic E-state index is 0.0462. The Bertz CT molecular complexity index is 911. The SMILES string of the molecule is CC(=O)N1CCCN(CCCCC(=O)Nc2ccc(-c3ccccc3OC(C)C)cc2)CC1. The zero-order chi connectivity index (χ0) is 23.6. The zero-order valence-corrected chi connectivity index (χ0v) is 20.2. The van der Waals surface area contributed by atoms with Crippen LogP contribution in [0.25, 0.3) is 11.1 Å². The number of carbonyl (C=O) groups is 2. The second-order valence-corrected chi connectivity index (χ2v) is 8.95. The molecule has 0 radical (unpaired) electrons. The second kappa shape index (κ2) is 12.4. The van der Waals surface area contributed by atoms with Crippen molar-refractivity contribution in [3.8, 4) is 16.9 Å². The summed E-state index contributed by atoms with van der Waals surface area (Å²) in [6.07, 6.45) is 3.49. The van der Waals surface area contributed by atoms with Crippen molar-refractivity contribution in [1.82, 2.24) is 9.80 Å². The number of unbranched alkanes of at least 4 members (excludes halogenated alkanes) is 1. The molecule has 6 nitrogen and oxygen atoms in total. The van der Waals surface area contributed by atoms with Gasteiger partial charge in [-0.25, -0.2) is 0 Å². The van der Waals surface area contributed by atoms with E-state index in [0.29, 0.717) is 6.42 Å². The number of rotatable bonds is 9. The van der Waals surface area contributed by atoms with Crippen LogP contribution >= 0.6 is 0 Å². The summed E-state index contributed by atoms with van der Waals surface area (Å²) in [5, 5.41) is 3.01. The topological polar surface area (TPSA) is 61.9 Å². The molecular weight excluding hydrogens is 414 g/mol. The molecule has 0 aromatic heterocycles. The number of nitrogens with zero attached hydrogens (tertiary/aromatic N) is 2. The maximum Gasteiger partial charge on any atom is 0.224 e. The zero-order valence-electron chi connectivity index (χ0n) is 20.2. The fourth-order valence-electron chi connectivity index (χ4n) is 4.15. The molecule has 1 aliphatic heterocycles. The van der Waals surface area contributed by atoms with Gasteiger partial charge in [0.15, 0.2) is 0 Å². The molecule has 1 N–H and O–H groups in total. The van der Waals surface area contributed by atoms with Crippen LogP contribution in [0.4, 0.5) is 5.69 Å². The van der Waals surface area contributed by atoms with Crippen LogP contribution in [0.2, 0.25) is 0 Å². The highest BCUT2D eigenvalue weighted by Crippen LogP contribution is 2.31. The molecule has 2 aromatic rings. The lowest BCUT2D eigenvalue weighted by Crippen LogP contribution is -2.34. The average Bonchev–Trinajstić information content (AvgIpc) is 3.03. The number of nitrogens with one attached hydrogen (secondary N) is 1. The Labute approximate surface area is 197 Å². The van der Waals surface area contributed by atoms with Crippen molar-refractivity contribution in [3.63, 3.8) is 0 Å². The molecule has 1 fully saturated rings. The van der Waals surface area contributed by atoms with E-state index in [4.69, 9.17) is 4.74 Å². The number of amides is 2. The van der Waals surface area contributed by atoms with Gasteiger partial charge in [-0.15, -0.1) is 0 Å². The minimum Gasteiger partial charge on any atom is -0.490 e. The van der Waals surface area contributed by atoms with Gasteiger partial charge in [0.05, 0.1) is 6.10 Å². The van der Waals surface area contributed by atoms with Crippen molar-refractivity contribution < 1.29 is 14.3 Å². The summed E-state index contributed by atoms with van der Waals surface area (Å²) in [6, 6.07) is 15.9. The van der Waals surface area contributed by atoms with Crippen molar-refractivity contribution >= 4 is 17.5 Å². The third-order valence-electron chi connectivity index (χ3n) is 5.89. The van der Waals surface area contributed by atoms with Crippen molar-refractivity contribution in [2.75, 3.05) is 38.0 Å². The van der Waals surface area contributed by atoms with Gasteiger partial charge in [-0.1, -0.05) is 30.3 Å². The molecule has 1 aliphatic rings. The molecule has 1 heterocycles. The summed E-state index contributed by atoms with van der Waals surface area (Å²) >= 11 is 0. The van der Waals surface area contributed by atoms with Gasteiger partial charge >= 0.3 is 0 Å². The second-order valence-electron chi connectivity index (χ2n) is 8.95. The molecule has 3 rings (SSSR count). The number of hydrogen-bond donors (Lipinski definition) is 1. The molecule has 0 saturated carbocycles. The van der Waals surface area contributed by atoms with Gasteiger partial charge in [0.1, 0.15) is 5.75 Å². The van der Waals surface area contributed by atoms with Crippen LogP contribution in [0.3, 0.4) is 0 Å². The summed E-state index contributed by atoms with van der Waals surface area (Å²) in [4.78, 5) is 28.3. The molecule has 33 heavy (non-hydrogen) atoms. The Hall–Kier alpha value is -2.86. The van der Waals surface area contributed by atoms with E-state index in [0.717, 1.165) is 74.6 Å². The average molecular weight is 452 g/mol. The first kappa shape index (κ1) is 24.8. The number of anilines is 1. The van der Waals surface area contributed by atoms with Crippen LogP contribution in [-0.4, -0.2) is 60.4 Å². The Morgan fingerprint density at radius 2 is 1.73 bits per heavy atom. The Morgan fingerprint density at radius 1 is 0.970 bits per heavy atom. The van der Waals surface area contributed by atoms with Gasteiger partial charge in [0.2, 0.25) is 11.8 Å². The predicted molar refractivity (Wildman–Crippen MR) is 133 cm³/mol. The third kappa shape index (κ3) is 7.90. The van der Waals surface area contributed by atoms with Crippen molar-refractivity contribution in [1.29, 1.82) is 0 Å². The first-order chi connectivity index (χ1) is 15.9. The Balaban J connectivity index is 1.42. The van der Waals surface area contributed by atoms with E-state index in [9.17, 15) is 9.59 Å². The molecular formula is C27H37N3O3. The van der Waals surface area contributed by atoms with Crippen molar-refractivity contribution in [2.24, 2.45) is 0 Å². The molecule has 178 valence electrons. The smallest absolute Gasteiger partial charge is 0.224 e. The van der Waals surface area contributed by atoms with E-state index in [2.05, 4.69) is 10.2 Å². The molecule has 1 saturated heterocycles. The summed E-state index contributed by atoms with van der Waals surface area (Å²) in [5.74, 6) is 1.07. The number of para-hydroxylation sites is 1. The van der Waals surface area contributed by atoms with Crippen molar-refractivity contribution in [2.45, 2.75) is 52.6 Å². The Kier molecular flexibility index (Phi) is 9.31. The van der Waals surface area contributed by atoms with E-state index in [1.807, 2.05) is 67.3 Å². The number of benzene rings is 2.